The van der Waals surface area contributed by atoms with Gasteiger partial charge in [-0.25, -0.2) is 4.39 Å². The van der Waals surface area contributed by atoms with Crippen molar-refractivity contribution in [2.45, 2.75) is 45.8 Å². The van der Waals surface area contributed by atoms with Crippen LogP contribution in [0.15, 0.2) is 18.2 Å². The summed E-state index contributed by atoms with van der Waals surface area (Å²) in [6.45, 7) is 11.9. The zero-order valence-corrected chi connectivity index (χ0v) is 12.9. The third-order valence-electron chi connectivity index (χ3n) is 3.49. The Morgan fingerprint density at radius 3 is 2.28 bits per heavy atom. The molecule has 0 bridgehead atoms. The van der Waals surface area contributed by atoms with Crippen LogP contribution in [0.4, 0.5) is 4.39 Å². The molecule has 0 heterocycles. The minimum atomic E-state index is -2.06. The predicted octanol–water partition coefficient (Wildman–Crippen LogP) is 4.41. The SMILES string of the molecule is CC(=O)c1ccc(F)cc1O[Si](C)(C)C(C)(C)C. The lowest BCUT2D eigenvalue weighted by Crippen LogP contribution is -2.44. The molecule has 18 heavy (non-hydrogen) atoms. The minimum Gasteiger partial charge on any atom is -0.543 e. The highest BCUT2D eigenvalue weighted by atomic mass is 28.4. The number of hydrogen-bond donors (Lipinski definition) is 0. The summed E-state index contributed by atoms with van der Waals surface area (Å²) in [4.78, 5) is 11.5. The second kappa shape index (κ2) is 4.84. The Bertz CT molecular complexity index is 461. The molecule has 1 aromatic carbocycles. The van der Waals surface area contributed by atoms with Crippen LogP contribution >= 0.6 is 0 Å². The topological polar surface area (TPSA) is 26.3 Å². The molecular weight excluding hydrogens is 247 g/mol. The average molecular weight is 268 g/mol. The fraction of sp³-hybridized carbons (Fsp3) is 0.500. The van der Waals surface area contributed by atoms with Gasteiger partial charge in [0.1, 0.15) is 11.6 Å². The fourth-order valence-corrected chi connectivity index (χ4v) is 2.32. The Balaban J connectivity index is 3.18. The molecular formula is C14H21FO2Si. The summed E-state index contributed by atoms with van der Waals surface area (Å²) in [6.07, 6.45) is 0. The van der Waals surface area contributed by atoms with Gasteiger partial charge in [0.25, 0.3) is 8.32 Å². The summed E-state index contributed by atoms with van der Waals surface area (Å²) < 4.78 is 19.3. The molecule has 0 radical (unpaired) electrons. The Morgan fingerprint density at radius 2 is 1.83 bits per heavy atom. The first-order valence-corrected chi connectivity index (χ1v) is 8.95. The van der Waals surface area contributed by atoms with E-state index < -0.39 is 8.32 Å². The Hall–Kier alpha value is -1.16. The lowest BCUT2D eigenvalue weighted by Gasteiger charge is -2.36. The van der Waals surface area contributed by atoms with Gasteiger partial charge in [-0.15, -0.1) is 0 Å². The van der Waals surface area contributed by atoms with Gasteiger partial charge in [-0.05, 0) is 37.2 Å². The van der Waals surface area contributed by atoms with Gasteiger partial charge in [0.05, 0.1) is 5.56 Å². The summed E-state index contributed by atoms with van der Waals surface area (Å²) in [7, 11) is -2.06. The average Bonchev–Trinajstić information content (AvgIpc) is 2.14. The zero-order valence-electron chi connectivity index (χ0n) is 11.9. The number of benzene rings is 1. The first-order valence-electron chi connectivity index (χ1n) is 6.04. The Kier molecular flexibility index (Phi) is 4.01. The van der Waals surface area contributed by atoms with Crippen LogP contribution in [0.3, 0.4) is 0 Å². The van der Waals surface area contributed by atoms with Gasteiger partial charge in [-0.3, -0.25) is 4.79 Å². The second-order valence-electron chi connectivity index (χ2n) is 6.06. The largest absolute Gasteiger partial charge is 0.543 e. The van der Waals surface area contributed by atoms with Gasteiger partial charge in [0.15, 0.2) is 5.78 Å². The highest BCUT2D eigenvalue weighted by Gasteiger charge is 2.39. The van der Waals surface area contributed by atoms with Crippen molar-refractivity contribution in [2.75, 3.05) is 0 Å². The number of rotatable bonds is 3. The molecule has 0 amide bonds. The van der Waals surface area contributed by atoms with Gasteiger partial charge >= 0.3 is 0 Å². The number of ketones is 1. The molecule has 0 aliphatic carbocycles. The monoisotopic (exact) mass is 268 g/mol. The summed E-state index contributed by atoms with van der Waals surface area (Å²) in [6, 6.07) is 4.08. The molecule has 0 unspecified atom stereocenters. The second-order valence-corrected chi connectivity index (χ2v) is 10.8. The maximum atomic E-state index is 13.3. The molecule has 2 nitrogen and oxygen atoms in total. The van der Waals surface area contributed by atoms with Crippen molar-refractivity contribution >= 4 is 14.1 Å². The van der Waals surface area contributed by atoms with Crippen molar-refractivity contribution in [1.29, 1.82) is 0 Å². The van der Waals surface area contributed by atoms with Crippen molar-refractivity contribution < 1.29 is 13.6 Å². The van der Waals surface area contributed by atoms with E-state index in [9.17, 15) is 9.18 Å². The van der Waals surface area contributed by atoms with Gasteiger partial charge in [0.2, 0.25) is 0 Å². The van der Waals surface area contributed by atoms with Crippen LogP contribution in [0.25, 0.3) is 0 Å². The third-order valence-corrected chi connectivity index (χ3v) is 7.84. The van der Waals surface area contributed by atoms with Crippen molar-refractivity contribution in [3.63, 3.8) is 0 Å². The Morgan fingerprint density at radius 1 is 1.28 bits per heavy atom. The fourth-order valence-electron chi connectivity index (χ4n) is 1.30. The van der Waals surface area contributed by atoms with E-state index in [1.54, 1.807) is 0 Å². The molecule has 0 fully saturated rings. The molecule has 0 saturated heterocycles. The van der Waals surface area contributed by atoms with Crippen molar-refractivity contribution in [2.24, 2.45) is 0 Å². The van der Waals surface area contributed by atoms with E-state index in [1.807, 2.05) is 0 Å². The number of Topliss-reactive ketones (excluding diaryl/α,β-unsaturated/α-hetero) is 1. The lowest BCUT2D eigenvalue weighted by molar-refractivity contribution is 0.101. The van der Waals surface area contributed by atoms with Crippen LogP contribution in [-0.4, -0.2) is 14.1 Å². The number of carbonyl (C=O) groups is 1. The first kappa shape index (κ1) is 14.9. The molecule has 1 aromatic rings. The Labute approximate surface area is 109 Å². The van der Waals surface area contributed by atoms with Gasteiger partial charge in [-0.2, -0.15) is 0 Å². The maximum Gasteiger partial charge on any atom is 0.250 e. The van der Waals surface area contributed by atoms with Crippen molar-refractivity contribution in [3.8, 4) is 5.75 Å². The first-order chi connectivity index (χ1) is 8.04. The summed E-state index contributed by atoms with van der Waals surface area (Å²) >= 11 is 0. The van der Waals surface area contributed by atoms with E-state index in [4.69, 9.17) is 4.43 Å². The quantitative estimate of drug-likeness (QED) is 0.599. The van der Waals surface area contributed by atoms with E-state index in [1.165, 1.54) is 25.1 Å². The standard InChI is InChI=1S/C14H21FO2Si/c1-10(16)12-8-7-11(15)9-13(12)17-18(5,6)14(2,3)4/h7-9H,1-6H3. The van der Waals surface area contributed by atoms with Gasteiger partial charge < -0.3 is 4.43 Å². The molecule has 0 spiro atoms. The van der Waals surface area contributed by atoms with Crippen LogP contribution in [0.2, 0.25) is 18.1 Å². The third kappa shape index (κ3) is 3.19. The molecule has 0 saturated carbocycles. The van der Waals surface area contributed by atoms with E-state index in [0.717, 1.165) is 0 Å². The molecule has 4 heteroatoms. The van der Waals surface area contributed by atoms with Crippen LogP contribution in [0, 0.1) is 5.82 Å². The van der Waals surface area contributed by atoms with Crippen LogP contribution in [0.5, 0.6) is 5.75 Å². The van der Waals surface area contributed by atoms with Crippen LogP contribution in [0.1, 0.15) is 38.1 Å². The number of hydrogen-bond acceptors (Lipinski definition) is 2. The number of carbonyl (C=O) groups excluding carboxylic acids is 1. The summed E-state index contributed by atoms with van der Waals surface area (Å²) in [5.74, 6) is -0.119. The smallest absolute Gasteiger partial charge is 0.250 e. The number of halogens is 1. The van der Waals surface area contributed by atoms with E-state index in [2.05, 4.69) is 33.9 Å². The van der Waals surface area contributed by atoms with Crippen LogP contribution < -0.4 is 4.43 Å². The molecule has 100 valence electrons. The van der Waals surface area contributed by atoms with E-state index in [-0.39, 0.29) is 16.6 Å². The summed E-state index contributed by atoms with van der Waals surface area (Å²) in [5.41, 5.74) is 0.446. The van der Waals surface area contributed by atoms with Crippen molar-refractivity contribution in [3.05, 3.63) is 29.6 Å². The highest BCUT2D eigenvalue weighted by Crippen LogP contribution is 2.38. The van der Waals surface area contributed by atoms with E-state index in [0.29, 0.717) is 11.3 Å². The summed E-state index contributed by atoms with van der Waals surface area (Å²) in [5, 5.41) is 0.00732. The predicted molar refractivity (Wildman–Crippen MR) is 74.2 cm³/mol. The normalized spacial score (nSPS) is 12.4. The van der Waals surface area contributed by atoms with Crippen molar-refractivity contribution in [1.82, 2.24) is 0 Å². The van der Waals surface area contributed by atoms with Gasteiger partial charge in [0, 0.05) is 6.07 Å². The molecule has 0 atom stereocenters. The minimum absolute atomic E-state index is 0.00732. The molecule has 0 aliphatic rings. The highest BCUT2D eigenvalue weighted by molar-refractivity contribution is 6.74. The molecule has 0 N–H and O–H groups in total. The maximum absolute atomic E-state index is 13.3. The van der Waals surface area contributed by atoms with Crippen LogP contribution in [-0.2, 0) is 0 Å². The molecule has 0 aromatic heterocycles. The zero-order chi connectivity index (χ0) is 14.1. The molecule has 1 rings (SSSR count). The molecule has 0 aliphatic heterocycles. The van der Waals surface area contributed by atoms with E-state index >= 15 is 0 Å². The lowest BCUT2D eigenvalue weighted by atomic mass is 10.1. The van der Waals surface area contributed by atoms with Gasteiger partial charge in [-0.1, -0.05) is 20.8 Å².